The minimum absolute atomic E-state index is 0.0834. The number of imide groups is 1. The zero-order chi connectivity index (χ0) is 14.0. The van der Waals surface area contributed by atoms with E-state index in [1.807, 2.05) is 6.26 Å². The van der Waals surface area contributed by atoms with Crippen LogP contribution in [-0.4, -0.2) is 39.6 Å². The van der Waals surface area contributed by atoms with Crippen molar-refractivity contribution in [2.45, 2.75) is 11.7 Å². The van der Waals surface area contributed by atoms with Crippen LogP contribution in [0.1, 0.15) is 16.1 Å². The van der Waals surface area contributed by atoms with Crippen LogP contribution in [0.3, 0.4) is 0 Å². The lowest BCUT2D eigenvalue weighted by Crippen LogP contribution is -2.39. The maximum atomic E-state index is 11.9. The minimum atomic E-state index is -0.572. The van der Waals surface area contributed by atoms with Crippen LogP contribution in [0.15, 0.2) is 17.8 Å². The van der Waals surface area contributed by atoms with Crippen molar-refractivity contribution in [1.29, 1.82) is 0 Å². The molecule has 2 rings (SSSR count). The van der Waals surface area contributed by atoms with E-state index in [2.05, 4.69) is 21.9 Å². The first-order valence-electron chi connectivity index (χ1n) is 5.48. The van der Waals surface area contributed by atoms with Gasteiger partial charge >= 0.3 is 6.03 Å². The number of amides is 3. The lowest BCUT2D eigenvalue weighted by atomic mass is 10.2. The van der Waals surface area contributed by atoms with Crippen LogP contribution in [0.25, 0.3) is 0 Å². The van der Waals surface area contributed by atoms with E-state index in [9.17, 15) is 9.59 Å². The number of anilines is 1. The molecule has 0 aliphatic carbocycles. The van der Waals surface area contributed by atoms with Crippen molar-refractivity contribution in [1.82, 2.24) is 20.2 Å². The number of hydrogen-bond donors (Lipinski definition) is 2. The van der Waals surface area contributed by atoms with Gasteiger partial charge in [-0.2, -0.15) is 0 Å². The van der Waals surface area contributed by atoms with E-state index in [4.69, 9.17) is 5.73 Å². The second-order valence-corrected chi connectivity index (χ2v) is 4.62. The number of nitrogens with two attached hydrogens (primary N) is 1. The Kier molecular flexibility index (Phi) is 3.70. The first-order valence-corrected chi connectivity index (χ1v) is 6.70. The minimum Gasteiger partial charge on any atom is -0.383 e. The summed E-state index contributed by atoms with van der Waals surface area (Å²) in [6.45, 7) is 4.09. The molecule has 7 nitrogen and oxygen atoms in total. The van der Waals surface area contributed by atoms with Gasteiger partial charge in [0.25, 0.3) is 5.91 Å². The maximum Gasteiger partial charge on any atom is 0.324 e. The van der Waals surface area contributed by atoms with Crippen LogP contribution in [0.2, 0.25) is 0 Å². The summed E-state index contributed by atoms with van der Waals surface area (Å²) in [5.41, 5.74) is 6.38. The summed E-state index contributed by atoms with van der Waals surface area (Å²) >= 11 is 1.32. The highest BCUT2D eigenvalue weighted by atomic mass is 32.2. The van der Waals surface area contributed by atoms with Gasteiger partial charge in [0.05, 0.1) is 12.2 Å². The first kappa shape index (κ1) is 13.3. The van der Waals surface area contributed by atoms with E-state index in [1.165, 1.54) is 16.7 Å². The number of nitrogens with one attached hydrogen (secondary N) is 1. The number of fused-ring (bicyclic) bond motifs is 1. The van der Waals surface area contributed by atoms with E-state index in [0.717, 1.165) is 0 Å². The molecule has 0 spiro atoms. The molecular weight excluding hydrogens is 266 g/mol. The zero-order valence-electron chi connectivity index (χ0n) is 10.3. The summed E-state index contributed by atoms with van der Waals surface area (Å²) in [5, 5.41) is 2.71. The Bertz CT molecular complexity index is 560. The van der Waals surface area contributed by atoms with Gasteiger partial charge in [0.1, 0.15) is 11.4 Å². The average Bonchev–Trinajstić information content (AvgIpc) is 2.47. The second kappa shape index (κ2) is 5.27. The molecule has 0 bridgehead atoms. The molecule has 1 aromatic heterocycles. The molecule has 0 unspecified atom stereocenters. The smallest absolute Gasteiger partial charge is 0.324 e. The van der Waals surface area contributed by atoms with Gasteiger partial charge in [-0.25, -0.2) is 14.8 Å². The van der Waals surface area contributed by atoms with Gasteiger partial charge in [-0.05, 0) is 6.26 Å². The Morgan fingerprint density at radius 2 is 2.26 bits per heavy atom. The van der Waals surface area contributed by atoms with Crippen molar-refractivity contribution >= 4 is 29.5 Å². The molecule has 3 amide bonds. The van der Waals surface area contributed by atoms with E-state index < -0.39 is 11.9 Å². The molecular formula is C11H13N5O2S. The summed E-state index contributed by atoms with van der Waals surface area (Å²) in [6, 6.07) is -0.493. The number of rotatable bonds is 3. The monoisotopic (exact) mass is 279 g/mol. The molecule has 8 heteroatoms. The molecule has 2 heterocycles. The summed E-state index contributed by atoms with van der Waals surface area (Å²) in [4.78, 5) is 33.4. The standard InChI is InChI=1S/C11H13N5O2S/c1-3-4-16-5-6-7(9(17)15-11(16)18)8(12)14-10(13-6)19-2/h3H,1,4-5H2,2H3,(H2,12,13,14)(H,15,17,18). The predicted octanol–water partition coefficient (Wildman–Crippen LogP) is 0.632. The summed E-state index contributed by atoms with van der Waals surface area (Å²) in [7, 11) is 0. The van der Waals surface area contributed by atoms with Crippen molar-refractivity contribution in [2.75, 3.05) is 18.5 Å². The van der Waals surface area contributed by atoms with Crippen LogP contribution in [0.5, 0.6) is 0 Å². The lowest BCUT2D eigenvalue weighted by molar-refractivity contribution is 0.0960. The van der Waals surface area contributed by atoms with E-state index in [-0.39, 0.29) is 17.9 Å². The van der Waals surface area contributed by atoms with E-state index >= 15 is 0 Å². The van der Waals surface area contributed by atoms with E-state index in [0.29, 0.717) is 17.4 Å². The maximum absolute atomic E-state index is 11.9. The molecule has 0 fully saturated rings. The molecule has 0 saturated carbocycles. The fourth-order valence-electron chi connectivity index (χ4n) is 1.75. The topological polar surface area (TPSA) is 101 Å². The Labute approximate surface area is 114 Å². The summed E-state index contributed by atoms with van der Waals surface area (Å²) in [5.74, 6) is -0.489. The number of carbonyl (C=O) groups is 2. The Hall–Kier alpha value is -2.09. The van der Waals surface area contributed by atoms with Gasteiger partial charge in [0.15, 0.2) is 5.16 Å². The van der Waals surface area contributed by atoms with Crippen molar-refractivity contribution in [3.05, 3.63) is 23.9 Å². The van der Waals surface area contributed by atoms with Gasteiger partial charge in [-0.1, -0.05) is 17.8 Å². The normalized spacial score (nSPS) is 14.7. The predicted molar refractivity (Wildman–Crippen MR) is 71.7 cm³/mol. The third kappa shape index (κ3) is 2.53. The number of hydrogen-bond acceptors (Lipinski definition) is 6. The fraction of sp³-hybridized carbons (Fsp3) is 0.273. The molecule has 1 aromatic rings. The largest absolute Gasteiger partial charge is 0.383 e. The van der Waals surface area contributed by atoms with Crippen molar-refractivity contribution < 1.29 is 9.59 Å². The molecule has 100 valence electrons. The van der Waals surface area contributed by atoms with Crippen LogP contribution in [-0.2, 0) is 6.54 Å². The zero-order valence-corrected chi connectivity index (χ0v) is 11.2. The quantitative estimate of drug-likeness (QED) is 0.478. The fourth-order valence-corrected chi connectivity index (χ4v) is 2.14. The Morgan fingerprint density at radius 3 is 2.89 bits per heavy atom. The molecule has 0 radical (unpaired) electrons. The van der Waals surface area contributed by atoms with Crippen LogP contribution in [0, 0.1) is 0 Å². The third-order valence-corrected chi connectivity index (χ3v) is 3.15. The molecule has 3 N–H and O–H groups in total. The Morgan fingerprint density at radius 1 is 1.53 bits per heavy atom. The summed E-state index contributed by atoms with van der Waals surface area (Å²) in [6.07, 6.45) is 3.39. The Balaban J connectivity index is 2.51. The number of nitrogens with zero attached hydrogens (tertiary/aromatic N) is 3. The van der Waals surface area contributed by atoms with Crippen molar-refractivity contribution in [3.63, 3.8) is 0 Å². The number of urea groups is 1. The van der Waals surface area contributed by atoms with Gasteiger partial charge in [-0.15, -0.1) is 6.58 Å². The van der Waals surface area contributed by atoms with E-state index in [1.54, 1.807) is 6.08 Å². The summed E-state index contributed by atoms with van der Waals surface area (Å²) < 4.78 is 0. The number of nitrogen functional groups attached to an aromatic ring is 1. The van der Waals surface area contributed by atoms with Crippen molar-refractivity contribution in [2.24, 2.45) is 0 Å². The highest BCUT2D eigenvalue weighted by Gasteiger charge is 2.28. The van der Waals surface area contributed by atoms with Crippen molar-refractivity contribution in [3.8, 4) is 0 Å². The SMILES string of the molecule is C=CCN1Cc2nc(SC)nc(N)c2C(=O)NC1=O. The molecule has 0 saturated heterocycles. The van der Waals surface area contributed by atoms with Crippen LogP contribution >= 0.6 is 11.8 Å². The van der Waals surface area contributed by atoms with Gasteiger partial charge in [-0.3, -0.25) is 10.1 Å². The van der Waals surface area contributed by atoms with Gasteiger partial charge in [0.2, 0.25) is 0 Å². The second-order valence-electron chi connectivity index (χ2n) is 3.85. The molecule has 0 aromatic carbocycles. The van der Waals surface area contributed by atoms with Crippen LogP contribution < -0.4 is 11.1 Å². The lowest BCUT2D eigenvalue weighted by Gasteiger charge is -2.17. The average molecular weight is 279 g/mol. The van der Waals surface area contributed by atoms with Crippen LogP contribution in [0.4, 0.5) is 10.6 Å². The molecule has 0 atom stereocenters. The number of thioether (sulfide) groups is 1. The molecule has 1 aliphatic rings. The third-order valence-electron chi connectivity index (χ3n) is 2.60. The molecule has 1 aliphatic heterocycles. The van der Waals surface area contributed by atoms with Gasteiger partial charge in [0, 0.05) is 6.54 Å². The van der Waals surface area contributed by atoms with Gasteiger partial charge < -0.3 is 10.6 Å². The first-order chi connectivity index (χ1) is 9.06. The highest BCUT2D eigenvalue weighted by molar-refractivity contribution is 7.98. The molecule has 19 heavy (non-hydrogen) atoms. The number of aromatic nitrogens is 2. The number of carbonyl (C=O) groups excluding carboxylic acids is 2. The highest BCUT2D eigenvalue weighted by Crippen LogP contribution is 2.21.